The molecular weight excluding hydrogens is 513 g/mol. The summed E-state index contributed by atoms with van der Waals surface area (Å²) in [6.45, 7) is 3.93. The van der Waals surface area contributed by atoms with Gasteiger partial charge in [0, 0.05) is 30.6 Å². The standard InChI is InChI=1S/C28H29Cl2N3O4/c1-3-19(2)31-28(35)26(16-20-9-5-4-6-10-20)32(18-21-13-14-23(29)24(30)15-21)27(34)17-22-11-7-8-12-25(22)33(36)37/h4-15,19,26H,3,16-18H2,1-2H3,(H,31,35)/t19-,26+/m0/s1. The highest BCUT2D eigenvalue weighted by molar-refractivity contribution is 6.42. The van der Waals surface area contributed by atoms with E-state index < -0.39 is 16.9 Å². The van der Waals surface area contributed by atoms with E-state index in [2.05, 4.69) is 5.32 Å². The Bertz CT molecular complexity index is 1250. The van der Waals surface area contributed by atoms with Crippen LogP contribution in [-0.4, -0.2) is 33.7 Å². The monoisotopic (exact) mass is 541 g/mol. The molecule has 3 aromatic rings. The third kappa shape index (κ3) is 7.78. The van der Waals surface area contributed by atoms with Gasteiger partial charge in [-0.3, -0.25) is 19.7 Å². The first kappa shape index (κ1) is 28.2. The summed E-state index contributed by atoms with van der Waals surface area (Å²) >= 11 is 12.3. The highest BCUT2D eigenvalue weighted by Crippen LogP contribution is 2.25. The first-order chi connectivity index (χ1) is 17.7. The van der Waals surface area contributed by atoms with E-state index in [0.717, 1.165) is 12.0 Å². The summed E-state index contributed by atoms with van der Waals surface area (Å²) in [6.07, 6.45) is 0.758. The number of nitro benzene ring substituents is 1. The molecule has 0 saturated heterocycles. The summed E-state index contributed by atoms with van der Waals surface area (Å²) < 4.78 is 0. The highest BCUT2D eigenvalue weighted by Gasteiger charge is 2.32. The lowest BCUT2D eigenvalue weighted by Gasteiger charge is -2.32. The average molecular weight is 542 g/mol. The topological polar surface area (TPSA) is 92.6 Å². The van der Waals surface area contributed by atoms with Crippen molar-refractivity contribution in [3.63, 3.8) is 0 Å². The average Bonchev–Trinajstić information content (AvgIpc) is 2.88. The molecule has 0 radical (unpaired) electrons. The van der Waals surface area contributed by atoms with Gasteiger partial charge in [-0.2, -0.15) is 0 Å². The number of nitro groups is 1. The van der Waals surface area contributed by atoms with Crippen molar-refractivity contribution in [2.24, 2.45) is 0 Å². The van der Waals surface area contributed by atoms with Gasteiger partial charge in [-0.25, -0.2) is 0 Å². The molecule has 2 amide bonds. The molecule has 0 bridgehead atoms. The molecule has 0 unspecified atom stereocenters. The van der Waals surface area contributed by atoms with Gasteiger partial charge in [0.15, 0.2) is 0 Å². The van der Waals surface area contributed by atoms with Crippen LogP contribution in [0.15, 0.2) is 72.8 Å². The molecule has 37 heavy (non-hydrogen) atoms. The second-order valence-corrected chi connectivity index (χ2v) is 9.67. The fraction of sp³-hybridized carbons (Fsp3) is 0.286. The molecule has 3 aromatic carbocycles. The summed E-state index contributed by atoms with van der Waals surface area (Å²) in [5.74, 6) is -0.713. The molecule has 9 heteroatoms. The summed E-state index contributed by atoms with van der Waals surface area (Å²) in [5, 5.41) is 15.3. The lowest BCUT2D eigenvalue weighted by Crippen LogP contribution is -2.52. The van der Waals surface area contributed by atoms with Gasteiger partial charge in [-0.1, -0.05) is 84.7 Å². The normalized spacial score (nSPS) is 12.4. The Hall–Kier alpha value is -3.42. The van der Waals surface area contributed by atoms with Gasteiger partial charge >= 0.3 is 0 Å². The van der Waals surface area contributed by atoms with Crippen LogP contribution in [0.25, 0.3) is 0 Å². The second-order valence-electron chi connectivity index (χ2n) is 8.86. The quantitative estimate of drug-likeness (QED) is 0.238. The van der Waals surface area contributed by atoms with Crippen LogP contribution in [0, 0.1) is 10.1 Å². The van der Waals surface area contributed by atoms with Crippen LogP contribution in [-0.2, 0) is 29.0 Å². The molecular formula is C28H29Cl2N3O4. The maximum Gasteiger partial charge on any atom is 0.273 e. The van der Waals surface area contributed by atoms with Crippen LogP contribution in [0.1, 0.15) is 37.0 Å². The van der Waals surface area contributed by atoms with Crippen molar-refractivity contribution in [1.82, 2.24) is 10.2 Å². The maximum atomic E-state index is 13.8. The minimum atomic E-state index is -0.860. The molecule has 2 atom stereocenters. The van der Waals surface area contributed by atoms with Crippen molar-refractivity contribution in [1.29, 1.82) is 0 Å². The van der Waals surface area contributed by atoms with Crippen LogP contribution in [0.4, 0.5) is 5.69 Å². The number of nitrogens with zero attached hydrogens (tertiary/aromatic N) is 2. The van der Waals surface area contributed by atoms with E-state index in [1.165, 1.54) is 11.0 Å². The van der Waals surface area contributed by atoms with Gasteiger partial charge in [0.1, 0.15) is 6.04 Å². The van der Waals surface area contributed by atoms with Crippen molar-refractivity contribution in [2.45, 2.75) is 51.7 Å². The predicted molar refractivity (Wildman–Crippen MR) is 146 cm³/mol. The number of hydrogen-bond acceptors (Lipinski definition) is 4. The fourth-order valence-corrected chi connectivity index (χ4v) is 4.25. The molecule has 0 saturated carbocycles. The minimum absolute atomic E-state index is 0.0712. The van der Waals surface area contributed by atoms with Gasteiger partial charge in [-0.05, 0) is 36.6 Å². The zero-order chi connectivity index (χ0) is 26.9. The number of hydrogen-bond donors (Lipinski definition) is 1. The number of benzene rings is 3. The Kier molecular flexibility index (Phi) is 10.1. The number of nitrogens with one attached hydrogen (secondary N) is 1. The Morgan fingerprint density at radius 3 is 2.30 bits per heavy atom. The van der Waals surface area contributed by atoms with Crippen LogP contribution in [0.2, 0.25) is 10.0 Å². The Morgan fingerprint density at radius 1 is 0.973 bits per heavy atom. The van der Waals surface area contributed by atoms with Crippen molar-refractivity contribution in [2.75, 3.05) is 0 Å². The van der Waals surface area contributed by atoms with E-state index >= 15 is 0 Å². The van der Waals surface area contributed by atoms with Crippen LogP contribution >= 0.6 is 23.2 Å². The molecule has 0 aliphatic rings. The number of carbonyl (C=O) groups is 2. The molecule has 1 N–H and O–H groups in total. The third-order valence-electron chi connectivity index (χ3n) is 6.14. The Morgan fingerprint density at radius 2 is 1.65 bits per heavy atom. The van der Waals surface area contributed by atoms with Gasteiger partial charge < -0.3 is 10.2 Å². The molecule has 0 aliphatic carbocycles. The smallest absolute Gasteiger partial charge is 0.273 e. The molecule has 7 nitrogen and oxygen atoms in total. The minimum Gasteiger partial charge on any atom is -0.352 e. The van der Waals surface area contributed by atoms with E-state index in [4.69, 9.17) is 23.2 Å². The van der Waals surface area contributed by atoms with Crippen molar-refractivity contribution in [3.05, 3.63) is 110 Å². The van der Waals surface area contributed by atoms with Gasteiger partial charge in [-0.15, -0.1) is 0 Å². The highest BCUT2D eigenvalue weighted by atomic mass is 35.5. The summed E-state index contributed by atoms with van der Waals surface area (Å²) in [5.41, 5.74) is 1.69. The lowest BCUT2D eigenvalue weighted by molar-refractivity contribution is -0.385. The first-order valence-corrected chi connectivity index (χ1v) is 12.7. The van der Waals surface area contributed by atoms with E-state index in [-0.39, 0.29) is 42.6 Å². The largest absolute Gasteiger partial charge is 0.352 e. The van der Waals surface area contributed by atoms with E-state index in [0.29, 0.717) is 15.6 Å². The second kappa shape index (κ2) is 13.2. The van der Waals surface area contributed by atoms with E-state index in [1.807, 2.05) is 44.2 Å². The van der Waals surface area contributed by atoms with Gasteiger partial charge in [0.2, 0.25) is 11.8 Å². The van der Waals surface area contributed by atoms with Crippen LogP contribution in [0.3, 0.4) is 0 Å². The van der Waals surface area contributed by atoms with Crippen LogP contribution < -0.4 is 5.32 Å². The zero-order valence-electron chi connectivity index (χ0n) is 20.7. The summed E-state index contributed by atoms with van der Waals surface area (Å²) in [6, 6.07) is 19.6. The molecule has 0 fully saturated rings. The Labute approximate surface area is 226 Å². The molecule has 3 rings (SSSR count). The summed E-state index contributed by atoms with van der Waals surface area (Å²) in [4.78, 5) is 39.9. The summed E-state index contributed by atoms with van der Waals surface area (Å²) in [7, 11) is 0. The predicted octanol–water partition coefficient (Wildman–Crippen LogP) is 6.00. The number of halogens is 2. The number of amides is 2. The molecule has 0 spiro atoms. The van der Waals surface area contributed by atoms with Crippen molar-refractivity contribution in [3.8, 4) is 0 Å². The molecule has 0 heterocycles. The Balaban J connectivity index is 2.04. The number of para-hydroxylation sites is 1. The zero-order valence-corrected chi connectivity index (χ0v) is 22.2. The SMILES string of the molecule is CC[C@H](C)NC(=O)[C@@H](Cc1ccccc1)N(Cc1ccc(Cl)c(Cl)c1)C(=O)Cc1ccccc1[N+](=O)[O-]. The molecule has 194 valence electrons. The van der Waals surface area contributed by atoms with Crippen LogP contribution in [0.5, 0.6) is 0 Å². The van der Waals surface area contributed by atoms with E-state index in [1.54, 1.807) is 36.4 Å². The lowest BCUT2D eigenvalue weighted by atomic mass is 10.0. The molecule has 0 aliphatic heterocycles. The fourth-order valence-electron chi connectivity index (χ4n) is 3.93. The number of rotatable bonds is 11. The van der Waals surface area contributed by atoms with Gasteiger partial charge in [0.05, 0.1) is 21.4 Å². The van der Waals surface area contributed by atoms with E-state index in [9.17, 15) is 19.7 Å². The van der Waals surface area contributed by atoms with Gasteiger partial charge in [0.25, 0.3) is 5.69 Å². The molecule has 0 aromatic heterocycles. The van der Waals surface area contributed by atoms with Crippen molar-refractivity contribution < 1.29 is 14.5 Å². The third-order valence-corrected chi connectivity index (χ3v) is 6.88. The van der Waals surface area contributed by atoms with Crippen molar-refractivity contribution >= 4 is 40.7 Å². The maximum absolute atomic E-state index is 13.8. The number of carbonyl (C=O) groups excluding carboxylic acids is 2. The first-order valence-electron chi connectivity index (χ1n) is 12.0.